The van der Waals surface area contributed by atoms with Gasteiger partial charge in [0.05, 0.1) is 0 Å². The van der Waals surface area contributed by atoms with E-state index in [1.807, 2.05) is 25.1 Å². The molecule has 0 spiro atoms. The van der Waals surface area contributed by atoms with Crippen molar-refractivity contribution in [3.8, 4) is 0 Å². The van der Waals surface area contributed by atoms with Gasteiger partial charge in [-0.1, -0.05) is 6.07 Å². The van der Waals surface area contributed by atoms with Crippen molar-refractivity contribution < 1.29 is 4.39 Å². The Balaban J connectivity index is 2.04. The van der Waals surface area contributed by atoms with Crippen molar-refractivity contribution in [3.05, 3.63) is 53.6 Å². The van der Waals surface area contributed by atoms with Gasteiger partial charge in [0, 0.05) is 31.0 Å². The van der Waals surface area contributed by atoms with Crippen molar-refractivity contribution in [2.24, 2.45) is 0 Å². The fraction of sp³-hybridized carbons (Fsp3) is 0.286. The number of aromatic nitrogens is 2. The van der Waals surface area contributed by atoms with E-state index in [9.17, 15) is 4.39 Å². The van der Waals surface area contributed by atoms with Gasteiger partial charge in [-0.15, -0.1) is 0 Å². The van der Waals surface area contributed by atoms with Crippen LogP contribution in [-0.4, -0.2) is 29.0 Å². The van der Waals surface area contributed by atoms with Crippen LogP contribution in [0.2, 0.25) is 0 Å². The average Bonchev–Trinajstić information content (AvgIpc) is 2.40. The van der Waals surface area contributed by atoms with Gasteiger partial charge in [0.2, 0.25) is 5.95 Å². The standard InChI is InChI=1S/C14H17FN4/c1-19(2)10-12-8-11(4-5-13(12)15)9-18-14-16-6-3-7-17-14/h3-8H,9-10H2,1-2H3,(H,16,17,18). The van der Waals surface area contributed by atoms with Gasteiger partial charge in [0.1, 0.15) is 5.82 Å². The molecule has 5 heteroatoms. The number of hydrogen-bond acceptors (Lipinski definition) is 4. The number of benzene rings is 1. The molecule has 2 aromatic rings. The minimum absolute atomic E-state index is 0.173. The minimum atomic E-state index is -0.173. The van der Waals surface area contributed by atoms with Crippen LogP contribution in [0.25, 0.3) is 0 Å². The molecule has 2 rings (SSSR count). The van der Waals surface area contributed by atoms with E-state index in [0.29, 0.717) is 24.6 Å². The Morgan fingerprint density at radius 1 is 1.21 bits per heavy atom. The predicted octanol–water partition coefficient (Wildman–Crippen LogP) is 2.29. The van der Waals surface area contributed by atoms with Crippen LogP contribution in [0, 0.1) is 5.82 Å². The summed E-state index contributed by atoms with van der Waals surface area (Å²) in [5.41, 5.74) is 1.70. The summed E-state index contributed by atoms with van der Waals surface area (Å²) in [4.78, 5) is 10.1. The number of nitrogens with zero attached hydrogens (tertiary/aromatic N) is 3. The number of rotatable bonds is 5. The Kier molecular flexibility index (Phi) is 4.41. The maximum absolute atomic E-state index is 13.6. The molecule has 0 radical (unpaired) electrons. The molecule has 0 aliphatic rings. The summed E-state index contributed by atoms with van der Waals surface area (Å²) in [6.45, 7) is 1.16. The van der Waals surface area contributed by atoms with E-state index in [-0.39, 0.29) is 5.82 Å². The fourth-order valence-corrected chi connectivity index (χ4v) is 1.77. The molecule has 0 saturated heterocycles. The Morgan fingerprint density at radius 2 is 1.95 bits per heavy atom. The van der Waals surface area contributed by atoms with Crippen molar-refractivity contribution in [2.45, 2.75) is 13.1 Å². The molecule has 19 heavy (non-hydrogen) atoms. The molecule has 0 atom stereocenters. The van der Waals surface area contributed by atoms with Crippen LogP contribution >= 0.6 is 0 Å². The summed E-state index contributed by atoms with van der Waals surface area (Å²) in [5.74, 6) is 0.398. The Bertz CT molecular complexity index is 528. The lowest BCUT2D eigenvalue weighted by atomic mass is 10.1. The zero-order valence-electron chi connectivity index (χ0n) is 11.1. The second kappa shape index (κ2) is 6.24. The Labute approximate surface area is 112 Å². The zero-order valence-corrected chi connectivity index (χ0v) is 11.1. The van der Waals surface area contributed by atoms with Gasteiger partial charge < -0.3 is 10.2 Å². The van der Waals surface area contributed by atoms with E-state index in [0.717, 1.165) is 5.56 Å². The van der Waals surface area contributed by atoms with Crippen LogP contribution in [-0.2, 0) is 13.1 Å². The number of hydrogen-bond donors (Lipinski definition) is 1. The van der Waals surface area contributed by atoms with Gasteiger partial charge in [-0.25, -0.2) is 14.4 Å². The first-order valence-electron chi connectivity index (χ1n) is 6.08. The maximum Gasteiger partial charge on any atom is 0.222 e. The highest BCUT2D eigenvalue weighted by Gasteiger charge is 2.05. The summed E-state index contributed by atoms with van der Waals surface area (Å²) < 4.78 is 13.6. The molecule has 0 amide bonds. The molecule has 0 bridgehead atoms. The molecule has 1 aromatic carbocycles. The monoisotopic (exact) mass is 260 g/mol. The van der Waals surface area contributed by atoms with Crippen LogP contribution in [0.5, 0.6) is 0 Å². The first kappa shape index (κ1) is 13.4. The summed E-state index contributed by atoms with van der Waals surface area (Å²) >= 11 is 0. The third kappa shape index (κ3) is 3.99. The minimum Gasteiger partial charge on any atom is -0.350 e. The second-order valence-corrected chi connectivity index (χ2v) is 4.59. The van der Waals surface area contributed by atoms with E-state index in [1.54, 1.807) is 24.5 Å². The van der Waals surface area contributed by atoms with Gasteiger partial charge in [-0.3, -0.25) is 0 Å². The van der Waals surface area contributed by atoms with E-state index < -0.39 is 0 Å². The van der Waals surface area contributed by atoms with Crippen molar-refractivity contribution in [3.63, 3.8) is 0 Å². The highest BCUT2D eigenvalue weighted by Crippen LogP contribution is 2.13. The fourth-order valence-electron chi connectivity index (χ4n) is 1.77. The quantitative estimate of drug-likeness (QED) is 0.895. The molecule has 100 valence electrons. The first-order valence-corrected chi connectivity index (χ1v) is 6.08. The molecular formula is C14H17FN4. The maximum atomic E-state index is 13.6. The molecule has 0 unspecified atom stereocenters. The highest BCUT2D eigenvalue weighted by molar-refractivity contribution is 5.30. The Morgan fingerprint density at radius 3 is 2.63 bits per heavy atom. The predicted molar refractivity (Wildman–Crippen MR) is 73.1 cm³/mol. The SMILES string of the molecule is CN(C)Cc1cc(CNc2ncccn2)ccc1F. The molecule has 4 nitrogen and oxygen atoms in total. The van der Waals surface area contributed by atoms with Gasteiger partial charge in [0.15, 0.2) is 0 Å². The summed E-state index contributed by atoms with van der Waals surface area (Å²) in [5, 5.41) is 3.10. The lowest BCUT2D eigenvalue weighted by Crippen LogP contribution is -2.12. The molecule has 1 aromatic heterocycles. The van der Waals surface area contributed by atoms with Crippen LogP contribution in [0.4, 0.5) is 10.3 Å². The van der Waals surface area contributed by atoms with Crippen molar-refractivity contribution in [2.75, 3.05) is 19.4 Å². The number of anilines is 1. The average molecular weight is 260 g/mol. The molecule has 1 N–H and O–H groups in total. The molecule has 0 fully saturated rings. The lowest BCUT2D eigenvalue weighted by Gasteiger charge is -2.12. The van der Waals surface area contributed by atoms with Crippen LogP contribution < -0.4 is 5.32 Å². The largest absolute Gasteiger partial charge is 0.350 e. The van der Waals surface area contributed by atoms with E-state index in [4.69, 9.17) is 0 Å². The van der Waals surface area contributed by atoms with E-state index >= 15 is 0 Å². The third-order valence-corrected chi connectivity index (χ3v) is 2.61. The van der Waals surface area contributed by atoms with Crippen LogP contribution in [0.3, 0.4) is 0 Å². The summed E-state index contributed by atoms with van der Waals surface area (Å²) in [6, 6.07) is 6.90. The molecule has 0 aliphatic carbocycles. The second-order valence-electron chi connectivity index (χ2n) is 4.59. The molecule has 1 heterocycles. The van der Waals surface area contributed by atoms with Crippen LogP contribution in [0.15, 0.2) is 36.7 Å². The summed E-state index contributed by atoms with van der Waals surface area (Å²) in [7, 11) is 3.84. The van der Waals surface area contributed by atoms with E-state index in [1.165, 1.54) is 6.07 Å². The first-order chi connectivity index (χ1) is 9.15. The molecule has 0 aliphatic heterocycles. The molecule has 0 saturated carbocycles. The molecular weight excluding hydrogens is 243 g/mol. The number of halogens is 1. The van der Waals surface area contributed by atoms with Crippen molar-refractivity contribution in [1.29, 1.82) is 0 Å². The number of nitrogens with one attached hydrogen (secondary N) is 1. The third-order valence-electron chi connectivity index (χ3n) is 2.61. The Hall–Kier alpha value is -2.01. The smallest absolute Gasteiger partial charge is 0.222 e. The van der Waals surface area contributed by atoms with Gasteiger partial charge >= 0.3 is 0 Å². The van der Waals surface area contributed by atoms with Crippen LogP contribution in [0.1, 0.15) is 11.1 Å². The normalized spacial score (nSPS) is 10.7. The van der Waals surface area contributed by atoms with Gasteiger partial charge in [-0.05, 0) is 37.9 Å². The van der Waals surface area contributed by atoms with E-state index in [2.05, 4.69) is 15.3 Å². The van der Waals surface area contributed by atoms with Crippen molar-refractivity contribution >= 4 is 5.95 Å². The highest BCUT2D eigenvalue weighted by atomic mass is 19.1. The van der Waals surface area contributed by atoms with Crippen molar-refractivity contribution in [1.82, 2.24) is 14.9 Å². The zero-order chi connectivity index (χ0) is 13.7. The summed E-state index contributed by atoms with van der Waals surface area (Å²) in [6.07, 6.45) is 3.36. The topological polar surface area (TPSA) is 41.0 Å². The lowest BCUT2D eigenvalue weighted by molar-refractivity contribution is 0.392. The van der Waals surface area contributed by atoms with Gasteiger partial charge in [-0.2, -0.15) is 0 Å². The van der Waals surface area contributed by atoms with Gasteiger partial charge in [0.25, 0.3) is 0 Å².